The number of aromatic nitrogens is 1. The second-order valence-corrected chi connectivity index (χ2v) is 5.16. The number of hydrogen-bond donors (Lipinski definition) is 3. The Morgan fingerprint density at radius 3 is 2.71 bits per heavy atom. The minimum absolute atomic E-state index is 0.0949. The number of benzene rings is 1. The van der Waals surface area contributed by atoms with Crippen LogP contribution in [0.4, 0.5) is 10.1 Å². The van der Waals surface area contributed by atoms with Crippen LogP contribution in [0.2, 0.25) is 0 Å². The molecule has 1 amide bonds. The van der Waals surface area contributed by atoms with Crippen LogP contribution < -0.4 is 11.1 Å². The molecule has 0 bridgehead atoms. The van der Waals surface area contributed by atoms with E-state index in [1.807, 2.05) is 22.6 Å². The lowest BCUT2D eigenvalue weighted by Gasteiger charge is -2.07. The summed E-state index contributed by atoms with van der Waals surface area (Å²) >= 11 is 1.92. The van der Waals surface area contributed by atoms with Gasteiger partial charge in [0.2, 0.25) is 0 Å². The number of anilines is 1. The first-order valence-electron chi connectivity index (χ1n) is 5.71. The summed E-state index contributed by atoms with van der Waals surface area (Å²) < 4.78 is 13.6. The minimum atomic E-state index is -0.439. The van der Waals surface area contributed by atoms with Gasteiger partial charge in [-0.3, -0.25) is 9.78 Å². The number of rotatable bonds is 3. The fraction of sp³-hybridized carbons (Fsp3) is 0. The molecule has 0 aliphatic carbocycles. The van der Waals surface area contributed by atoms with E-state index in [1.165, 1.54) is 36.5 Å². The minimum Gasteiger partial charge on any atom is -0.409 e. The van der Waals surface area contributed by atoms with Crippen LogP contribution in [-0.2, 0) is 0 Å². The standard InChI is InChI=1S/C13H10FIN4O2/c14-8-2-4-10(9(15)5-8)18-13(20)11-3-1-7(6-17-11)12(16)19-21/h1-6,21H,(H2,16,19)(H,18,20). The fourth-order valence-corrected chi connectivity index (χ4v) is 2.13. The summed E-state index contributed by atoms with van der Waals surface area (Å²) in [6.07, 6.45) is 1.32. The Morgan fingerprint density at radius 1 is 1.38 bits per heavy atom. The first-order valence-corrected chi connectivity index (χ1v) is 6.79. The number of hydrogen-bond acceptors (Lipinski definition) is 4. The molecule has 21 heavy (non-hydrogen) atoms. The van der Waals surface area contributed by atoms with E-state index in [-0.39, 0.29) is 17.3 Å². The molecule has 1 aromatic heterocycles. The van der Waals surface area contributed by atoms with Crippen molar-refractivity contribution in [2.45, 2.75) is 0 Å². The number of carbonyl (C=O) groups excluding carboxylic acids is 1. The van der Waals surface area contributed by atoms with E-state index in [0.29, 0.717) is 14.8 Å². The Labute approximate surface area is 133 Å². The van der Waals surface area contributed by atoms with Crippen LogP contribution in [0.1, 0.15) is 16.1 Å². The quantitative estimate of drug-likeness (QED) is 0.242. The number of carbonyl (C=O) groups is 1. The lowest BCUT2D eigenvalue weighted by molar-refractivity contribution is 0.102. The maximum Gasteiger partial charge on any atom is 0.274 e. The summed E-state index contributed by atoms with van der Waals surface area (Å²) in [6, 6.07) is 6.99. The van der Waals surface area contributed by atoms with Gasteiger partial charge in [-0.2, -0.15) is 0 Å². The lowest BCUT2D eigenvalue weighted by Crippen LogP contribution is -2.17. The number of nitrogens with two attached hydrogens (primary N) is 1. The average Bonchev–Trinajstić information content (AvgIpc) is 2.49. The average molecular weight is 400 g/mol. The third-order valence-corrected chi connectivity index (χ3v) is 3.47. The predicted octanol–water partition coefficient (Wildman–Crippen LogP) is 2.17. The van der Waals surface area contributed by atoms with Gasteiger partial charge in [0.1, 0.15) is 11.5 Å². The summed E-state index contributed by atoms with van der Waals surface area (Å²) in [5.74, 6) is -0.910. The van der Waals surface area contributed by atoms with Crippen LogP contribution in [0.3, 0.4) is 0 Å². The third-order valence-electron chi connectivity index (χ3n) is 2.58. The van der Waals surface area contributed by atoms with Gasteiger partial charge in [-0.05, 0) is 52.9 Å². The van der Waals surface area contributed by atoms with Crippen molar-refractivity contribution >= 4 is 40.0 Å². The topological polar surface area (TPSA) is 101 Å². The fourth-order valence-electron chi connectivity index (χ4n) is 1.51. The summed E-state index contributed by atoms with van der Waals surface area (Å²) in [7, 11) is 0. The molecule has 0 unspecified atom stereocenters. The van der Waals surface area contributed by atoms with Crippen molar-refractivity contribution in [1.82, 2.24) is 4.98 Å². The molecule has 8 heteroatoms. The molecule has 2 rings (SSSR count). The number of nitrogens with zero attached hydrogens (tertiary/aromatic N) is 2. The predicted molar refractivity (Wildman–Crippen MR) is 83.8 cm³/mol. The Bertz CT molecular complexity index is 704. The van der Waals surface area contributed by atoms with Gasteiger partial charge >= 0.3 is 0 Å². The molecule has 108 valence electrons. The first-order chi connectivity index (χ1) is 10.0. The van der Waals surface area contributed by atoms with Crippen LogP contribution in [0.15, 0.2) is 41.7 Å². The van der Waals surface area contributed by atoms with Gasteiger partial charge in [0.05, 0.1) is 5.69 Å². The van der Waals surface area contributed by atoms with E-state index < -0.39 is 5.91 Å². The zero-order valence-electron chi connectivity index (χ0n) is 10.5. The zero-order valence-corrected chi connectivity index (χ0v) is 12.7. The van der Waals surface area contributed by atoms with Gasteiger partial charge in [0, 0.05) is 15.3 Å². The van der Waals surface area contributed by atoms with Crippen LogP contribution in [0.5, 0.6) is 0 Å². The monoisotopic (exact) mass is 400 g/mol. The van der Waals surface area contributed by atoms with Crippen molar-refractivity contribution in [3.8, 4) is 0 Å². The van der Waals surface area contributed by atoms with E-state index in [4.69, 9.17) is 10.9 Å². The molecule has 0 saturated heterocycles. The molecular formula is C13H10FIN4O2. The number of amidine groups is 1. The van der Waals surface area contributed by atoms with Gasteiger partial charge < -0.3 is 16.3 Å². The summed E-state index contributed by atoms with van der Waals surface area (Å²) in [5, 5.41) is 14.0. The van der Waals surface area contributed by atoms with Crippen molar-refractivity contribution in [2.24, 2.45) is 10.9 Å². The maximum absolute atomic E-state index is 13.0. The molecule has 0 spiro atoms. The molecule has 0 atom stereocenters. The van der Waals surface area contributed by atoms with E-state index in [2.05, 4.69) is 15.5 Å². The number of pyridine rings is 1. The second-order valence-electron chi connectivity index (χ2n) is 4.00. The van der Waals surface area contributed by atoms with E-state index in [0.717, 1.165) is 0 Å². The normalized spacial score (nSPS) is 11.2. The first kappa shape index (κ1) is 15.2. The Hall–Kier alpha value is -2.23. The highest BCUT2D eigenvalue weighted by Gasteiger charge is 2.11. The summed E-state index contributed by atoms with van der Waals surface area (Å²) in [5.41, 5.74) is 6.44. The molecule has 1 heterocycles. The van der Waals surface area contributed by atoms with Crippen molar-refractivity contribution in [1.29, 1.82) is 0 Å². The van der Waals surface area contributed by atoms with Crippen LogP contribution in [0, 0.1) is 9.39 Å². The van der Waals surface area contributed by atoms with E-state index >= 15 is 0 Å². The number of oxime groups is 1. The molecule has 0 radical (unpaired) electrons. The summed E-state index contributed by atoms with van der Waals surface area (Å²) in [4.78, 5) is 16.0. The molecule has 6 nitrogen and oxygen atoms in total. The molecule has 0 aliphatic heterocycles. The van der Waals surface area contributed by atoms with Gasteiger partial charge in [0.15, 0.2) is 5.84 Å². The second kappa shape index (κ2) is 6.48. The number of nitrogens with one attached hydrogen (secondary N) is 1. The van der Waals surface area contributed by atoms with Crippen LogP contribution in [-0.4, -0.2) is 21.9 Å². The molecule has 0 fully saturated rings. The van der Waals surface area contributed by atoms with E-state index in [9.17, 15) is 9.18 Å². The molecule has 2 aromatic rings. The molecule has 0 aliphatic rings. The molecule has 1 aromatic carbocycles. The van der Waals surface area contributed by atoms with E-state index in [1.54, 1.807) is 0 Å². The van der Waals surface area contributed by atoms with Crippen LogP contribution >= 0.6 is 22.6 Å². The maximum atomic E-state index is 13.0. The summed E-state index contributed by atoms with van der Waals surface area (Å²) in [6.45, 7) is 0. The Morgan fingerprint density at radius 2 is 2.14 bits per heavy atom. The lowest BCUT2D eigenvalue weighted by atomic mass is 10.2. The van der Waals surface area contributed by atoms with Crippen molar-refractivity contribution in [2.75, 3.05) is 5.32 Å². The zero-order chi connectivity index (χ0) is 15.4. The highest BCUT2D eigenvalue weighted by atomic mass is 127. The Kier molecular flexibility index (Phi) is 4.68. The molecule has 0 saturated carbocycles. The number of halogens is 2. The van der Waals surface area contributed by atoms with Crippen molar-refractivity contribution < 1.29 is 14.4 Å². The highest BCUT2D eigenvalue weighted by Crippen LogP contribution is 2.19. The molecule has 4 N–H and O–H groups in total. The third kappa shape index (κ3) is 3.66. The highest BCUT2D eigenvalue weighted by molar-refractivity contribution is 14.1. The van der Waals surface area contributed by atoms with Gasteiger partial charge in [-0.15, -0.1) is 0 Å². The van der Waals surface area contributed by atoms with Gasteiger partial charge in [0.25, 0.3) is 5.91 Å². The Balaban J connectivity index is 2.17. The largest absolute Gasteiger partial charge is 0.409 e. The van der Waals surface area contributed by atoms with Crippen molar-refractivity contribution in [3.63, 3.8) is 0 Å². The molecular weight excluding hydrogens is 390 g/mol. The van der Waals surface area contributed by atoms with Gasteiger partial charge in [-0.1, -0.05) is 5.16 Å². The number of amides is 1. The smallest absolute Gasteiger partial charge is 0.274 e. The SMILES string of the molecule is NC(=NO)c1ccc(C(=O)Nc2ccc(F)cc2I)nc1. The van der Waals surface area contributed by atoms with Crippen LogP contribution in [0.25, 0.3) is 0 Å². The van der Waals surface area contributed by atoms with Crippen molar-refractivity contribution in [3.05, 3.63) is 57.2 Å². The van der Waals surface area contributed by atoms with Gasteiger partial charge in [-0.25, -0.2) is 4.39 Å².